The lowest BCUT2D eigenvalue weighted by molar-refractivity contribution is -0.144. The monoisotopic (exact) mass is 491 g/mol. The standard InChI is InChI=1S/C27H26ClN3O4/c1-34-24(32)15-35-27(33)18-8-10-21-17(12-18)7-11-22-25(21)30-31(26(22)16-4-2-3-5-16)20-9-6-19(14-29)23(28)13-20/h6,8-10,12-13,16,22,26H,2-5,7,11,15H2,1H3. The van der Waals surface area contributed by atoms with Crippen molar-refractivity contribution in [3.05, 3.63) is 63.7 Å². The molecule has 1 heterocycles. The Labute approximate surface area is 209 Å². The van der Waals surface area contributed by atoms with Gasteiger partial charge in [0.05, 0.1) is 40.7 Å². The SMILES string of the molecule is COC(=O)COC(=O)c1ccc2c(c1)CCC1C2=NN(c2ccc(C#N)c(Cl)c2)C1C1CCCC1. The number of fused-ring (bicyclic) bond motifs is 3. The zero-order valence-electron chi connectivity index (χ0n) is 19.5. The van der Waals surface area contributed by atoms with E-state index in [1.165, 1.54) is 32.8 Å². The first kappa shape index (κ1) is 23.4. The zero-order chi connectivity index (χ0) is 24.5. The minimum Gasteiger partial charge on any atom is -0.466 e. The summed E-state index contributed by atoms with van der Waals surface area (Å²) in [5.74, 6) is -0.311. The quantitative estimate of drug-likeness (QED) is 0.553. The molecule has 2 atom stereocenters. The molecule has 0 spiro atoms. The second-order valence-electron chi connectivity index (χ2n) is 9.31. The number of ether oxygens (including phenoxy) is 2. The molecule has 0 amide bonds. The summed E-state index contributed by atoms with van der Waals surface area (Å²) in [6, 6.07) is 13.4. The van der Waals surface area contributed by atoms with Gasteiger partial charge in [-0.1, -0.05) is 30.5 Å². The van der Waals surface area contributed by atoms with Crippen LogP contribution in [0.25, 0.3) is 0 Å². The Morgan fingerprint density at radius 3 is 2.69 bits per heavy atom. The molecule has 3 aliphatic rings. The van der Waals surface area contributed by atoms with Crippen LogP contribution in [0.15, 0.2) is 41.5 Å². The molecule has 180 valence electrons. The maximum atomic E-state index is 12.4. The van der Waals surface area contributed by atoms with Crippen LogP contribution in [0.4, 0.5) is 5.69 Å². The third kappa shape index (κ3) is 4.39. The summed E-state index contributed by atoms with van der Waals surface area (Å²) in [6.07, 6.45) is 6.61. The van der Waals surface area contributed by atoms with Crippen LogP contribution in [0.3, 0.4) is 0 Å². The summed E-state index contributed by atoms with van der Waals surface area (Å²) in [5.41, 5.74) is 4.91. The number of hydrogen-bond donors (Lipinski definition) is 0. The number of esters is 2. The maximum absolute atomic E-state index is 12.4. The second-order valence-corrected chi connectivity index (χ2v) is 9.72. The number of nitrogens with zero attached hydrogens (tertiary/aromatic N) is 3. The lowest BCUT2D eigenvalue weighted by Gasteiger charge is -2.34. The third-order valence-corrected chi connectivity index (χ3v) is 7.68. The number of methoxy groups -OCH3 is 1. The molecule has 2 unspecified atom stereocenters. The van der Waals surface area contributed by atoms with Gasteiger partial charge >= 0.3 is 11.9 Å². The van der Waals surface area contributed by atoms with E-state index >= 15 is 0 Å². The van der Waals surface area contributed by atoms with E-state index in [-0.39, 0.29) is 12.0 Å². The van der Waals surface area contributed by atoms with Gasteiger partial charge in [-0.05, 0) is 67.5 Å². The van der Waals surface area contributed by atoms with Crippen molar-refractivity contribution in [2.45, 2.75) is 44.6 Å². The Kier molecular flexibility index (Phi) is 6.48. The van der Waals surface area contributed by atoms with E-state index in [9.17, 15) is 14.9 Å². The molecule has 35 heavy (non-hydrogen) atoms. The Morgan fingerprint density at radius 2 is 1.97 bits per heavy atom. The largest absolute Gasteiger partial charge is 0.466 e. The molecular weight excluding hydrogens is 466 g/mol. The molecule has 5 rings (SSSR count). The Balaban J connectivity index is 1.47. The van der Waals surface area contributed by atoms with Crippen LogP contribution in [0.2, 0.25) is 5.02 Å². The van der Waals surface area contributed by atoms with Gasteiger partial charge in [-0.15, -0.1) is 0 Å². The zero-order valence-corrected chi connectivity index (χ0v) is 20.3. The normalized spacial score (nSPS) is 21.1. The van der Waals surface area contributed by atoms with Gasteiger partial charge in [-0.3, -0.25) is 5.01 Å². The summed E-state index contributed by atoms with van der Waals surface area (Å²) < 4.78 is 9.59. The highest BCUT2D eigenvalue weighted by molar-refractivity contribution is 6.32. The average Bonchev–Trinajstić information content (AvgIpc) is 3.54. The lowest BCUT2D eigenvalue weighted by Crippen LogP contribution is -2.40. The van der Waals surface area contributed by atoms with Crippen molar-refractivity contribution in [1.29, 1.82) is 5.26 Å². The van der Waals surface area contributed by atoms with Gasteiger partial charge in [0.15, 0.2) is 6.61 Å². The topological polar surface area (TPSA) is 92.0 Å². The predicted octanol–water partition coefficient (Wildman–Crippen LogP) is 4.89. The van der Waals surface area contributed by atoms with Crippen molar-refractivity contribution in [2.75, 3.05) is 18.7 Å². The summed E-state index contributed by atoms with van der Waals surface area (Å²) in [7, 11) is 1.25. The third-order valence-electron chi connectivity index (χ3n) is 7.37. The number of hydrazone groups is 1. The number of carbonyl (C=O) groups excluding carboxylic acids is 2. The van der Waals surface area contributed by atoms with Crippen molar-refractivity contribution in [3.8, 4) is 6.07 Å². The molecule has 0 bridgehead atoms. The molecule has 1 saturated carbocycles. The number of nitriles is 1. The fourth-order valence-corrected chi connectivity index (χ4v) is 5.92. The number of anilines is 1. The second kappa shape index (κ2) is 9.71. The van der Waals surface area contributed by atoms with Crippen LogP contribution in [-0.4, -0.2) is 37.4 Å². The van der Waals surface area contributed by atoms with Crippen LogP contribution in [0.1, 0.15) is 59.2 Å². The van der Waals surface area contributed by atoms with Crippen LogP contribution in [0, 0.1) is 23.2 Å². The van der Waals surface area contributed by atoms with Gasteiger partial charge in [-0.25, -0.2) is 9.59 Å². The fourth-order valence-electron chi connectivity index (χ4n) is 5.70. The highest BCUT2D eigenvalue weighted by Gasteiger charge is 2.45. The van der Waals surface area contributed by atoms with E-state index in [1.54, 1.807) is 12.1 Å². The molecule has 0 saturated heterocycles. The summed E-state index contributed by atoms with van der Waals surface area (Å²) in [4.78, 5) is 23.7. The van der Waals surface area contributed by atoms with E-state index in [0.717, 1.165) is 35.4 Å². The minimum absolute atomic E-state index is 0.245. The molecule has 2 aromatic rings. The number of halogens is 1. The molecule has 0 radical (unpaired) electrons. The number of carbonyl (C=O) groups is 2. The molecule has 2 aliphatic carbocycles. The number of benzene rings is 2. The van der Waals surface area contributed by atoms with E-state index in [0.29, 0.717) is 22.1 Å². The number of hydrogen-bond acceptors (Lipinski definition) is 7. The smallest absolute Gasteiger partial charge is 0.344 e. The molecule has 1 aliphatic heterocycles. The van der Waals surface area contributed by atoms with Crippen LogP contribution in [-0.2, 0) is 20.7 Å². The van der Waals surface area contributed by atoms with Crippen LogP contribution >= 0.6 is 11.6 Å². The minimum atomic E-state index is -0.597. The Bertz CT molecular complexity index is 1250. The molecule has 8 heteroatoms. The molecule has 1 fully saturated rings. The first-order valence-electron chi connectivity index (χ1n) is 11.9. The van der Waals surface area contributed by atoms with Crippen molar-refractivity contribution in [3.63, 3.8) is 0 Å². The van der Waals surface area contributed by atoms with Gasteiger partial charge in [0.1, 0.15) is 6.07 Å². The maximum Gasteiger partial charge on any atom is 0.344 e. The Hall–Kier alpha value is -3.37. The van der Waals surface area contributed by atoms with Crippen molar-refractivity contribution in [2.24, 2.45) is 16.9 Å². The fraction of sp³-hybridized carbons (Fsp3) is 0.407. The summed E-state index contributed by atoms with van der Waals surface area (Å²) in [5, 5.41) is 17.0. The summed E-state index contributed by atoms with van der Waals surface area (Å²) in [6.45, 7) is -0.410. The number of aryl methyl sites for hydroxylation is 1. The van der Waals surface area contributed by atoms with E-state index in [1.807, 2.05) is 24.3 Å². The molecule has 7 nitrogen and oxygen atoms in total. The van der Waals surface area contributed by atoms with Gasteiger partial charge in [-0.2, -0.15) is 10.4 Å². The Morgan fingerprint density at radius 1 is 1.17 bits per heavy atom. The van der Waals surface area contributed by atoms with Gasteiger partial charge < -0.3 is 9.47 Å². The first-order chi connectivity index (χ1) is 17.0. The summed E-state index contributed by atoms with van der Waals surface area (Å²) >= 11 is 6.38. The predicted molar refractivity (Wildman–Crippen MR) is 131 cm³/mol. The molecule has 0 N–H and O–H groups in total. The number of rotatable bonds is 5. The van der Waals surface area contributed by atoms with Crippen LogP contribution < -0.4 is 5.01 Å². The van der Waals surface area contributed by atoms with Gasteiger partial charge in [0.25, 0.3) is 0 Å². The first-order valence-corrected chi connectivity index (χ1v) is 12.3. The molecule has 2 aromatic carbocycles. The van der Waals surface area contributed by atoms with Crippen molar-refractivity contribution < 1.29 is 19.1 Å². The lowest BCUT2D eigenvalue weighted by atomic mass is 9.75. The molecular formula is C27H26ClN3O4. The molecule has 0 aromatic heterocycles. The van der Waals surface area contributed by atoms with E-state index in [4.69, 9.17) is 21.4 Å². The van der Waals surface area contributed by atoms with Crippen molar-refractivity contribution >= 4 is 34.9 Å². The highest BCUT2D eigenvalue weighted by atomic mass is 35.5. The van der Waals surface area contributed by atoms with E-state index in [2.05, 4.69) is 15.8 Å². The average molecular weight is 492 g/mol. The van der Waals surface area contributed by atoms with Gasteiger partial charge in [0, 0.05) is 11.5 Å². The highest BCUT2D eigenvalue weighted by Crippen LogP contribution is 2.45. The van der Waals surface area contributed by atoms with Gasteiger partial charge in [0.2, 0.25) is 0 Å². The van der Waals surface area contributed by atoms with Crippen molar-refractivity contribution in [1.82, 2.24) is 0 Å². The van der Waals surface area contributed by atoms with Crippen LogP contribution in [0.5, 0.6) is 0 Å². The van der Waals surface area contributed by atoms with E-state index < -0.39 is 18.5 Å².